The lowest BCUT2D eigenvalue weighted by molar-refractivity contribution is 0.0480. The van der Waals surface area contributed by atoms with E-state index in [1.54, 1.807) is 6.92 Å². The minimum absolute atomic E-state index is 0.0287. The normalized spacial score (nSPS) is 12.8. The summed E-state index contributed by atoms with van der Waals surface area (Å²) < 4.78 is 17.7. The maximum absolute atomic E-state index is 12.9. The Kier molecular flexibility index (Phi) is 3.53. The summed E-state index contributed by atoms with van der Waals surface area (Å²) in [4.78, 5) is 11.4. The summed E-state index contributed by atoms with van der Waals surface area (Å²) in [7, 11) is 0. The summed E-state index contributed by atoms with van der Waals surface area (Å²) in [5, 5.41) is 1.50. The molecular weight excluding hydrogens is 193 g/mol. The van der Waals surface area contributed by atoms with Gasteiger partial charge >= 0.3 is 0 Å². The Labute approximate surface area is 79.3 Å². The monoisotopic (exact) mass is 203 g/mol. The molecule has 0 fully saturated rings. The number of nitrogens with two attached hydrogens (primary N) is 1. The van der Waals surface area contributed by atoms with Crippen LogP contribution >= 0.6 is 11.3 Å². The Balaban J connectivity index is 2.73. The first-order chi connectivity index (χ1) is 6.16. The number of ether oxygens (including phenoxy) is 1. The van der Waals surface area contributed by atoms with Gasteiger partial charge in [0, 0.05) is 6.61 Å². The highest BCUT2D eigenvalue weighted by atomic mass is 32.1. The summed E-state index contributed by atoms with van der Waals surface area (Å²) in [5.41, 5.74) is 5.36. The highest BCUT2D eigenvalue weighted by Crippen LogP contribution is 2.16. The van der Waals surface area contributed by atoms with Crippen molar-refractivity contribution in [3.05, 3.63) is 22.1 Å². The van der Waals surface area contributed by atoms with E-state index < -0.39 is 17.8 Å². The highest BCUT2D eigenvalue weighted by Gasteiger charge is 2.20. The molecule has 0 radical (unpaired) electrons. The Morgan fingerprint density at radius 2 is 2.54 bits per heavy atom. The van der Waals surface area contributed by atoms with Gasteiger partial charge in [0.25, 0.3) is 0 Å². The van der Waals surface area contributed by atoms with Crippen LogP contribution in [0, 0.1) is 5.82 Å². The van der Waals surface area contributed by atoms with Crippen LogP contribution in [0.5, 0.6) is 0 Å². The van der Waals surface area contributed by atoms with Crippen molar-refractivity contribution in [2.45, 2.75) is 13.2 Å². The number of thiophene rings is 1. The van der Waals surface area contributed by atoms with E-state index in [1.807, 2.05) is 0 Å². The van der Waals surface area contributed by atoms with Gasteiger partial charge in [0.05, 0.1) is 0 Å². The molecule has 1 rings (SSSR count). The fourth-order valence-corrected chi connectivity index (χ4v) is 1.59. The van der Waals surface area contributed by atoms with Crippen LogP contribution < -0.4 is 5.73 Å². The molecule has 1 heterocycles. The number of hydrogen-bond donors (Lipinski definition) is 1. The minimum Gasteiger partial charge on any atom is -0.356 e. The van der Waals surface area contributed by atoms with Crippen molar-refractivity contribution < 1.29 is 13.9 Å². The molecule has 1 aromatic rings. The van der Waals surface area contributed by atoms with E-state index in [1.165, 1.54) is 11.4 Å². The summed E-state index contributed by atoms with van der Waals surface area (Å²) in [5.74, 6) is -1.04. The number of halogens is 1. The predicted molar refractivity (Wildman–Crippen MR) is 48.2 cm³/mol. The molecule has 0 amide bonds. The van der Waals surface area contributed by atoms with Crippen LogP contribution in [-0.4, -0.2) is 18.6 Å². The zero-order valence-corrected chi connectivity index (χ0v) is 7.94. The first-order valence-electron chi connectivity index (χ1n) is 3.81. The van der Waals surface area contributed by atoms with Gasteiger partial charge < -0.3 is 4.74 Å². The van der Waals surface area contributed by atoms with Crippen molar-refractivity contribution in [2.75, 3.05) is 6.61 Å². The number of carbonyl (C=O) groups is 1. The number of hydrogen-bond acceptors (Lipinski definition) is 4. The molecule has 0 bridgehead atoms. The van der Waals surface area contributed by atoms with Gasteiger partial charge in [-0.3, -0.25) is 10.5 Å². The molecule has 2 N–H and O–H groups in total. The topological polar surface area (TPSA) is 52.3 Å². The van der Waals surface area contributed by atoms with E-state index in [9.17, 15) is 9.18 Å². The van der Waals surface area contributed by atoms with Crippen molar-refractivity contribution in [3.8, 4) is 0 Å². The van der Waals surface area contributed by atoms with Crippen LogP contribution in [0.1, 0.15) is 16.6 Å². The van der Waals surface area contributed by atoms with Gasteiger partial charge in [0.1, 0.15) is 10.7 Å². The zero-order chi connectivity index (χ0) is 9.84. The summed E-state index contributed by atoms with van der Waals surface area (Å²) in [6, 6.07) is 1.23. The molecular formula is C8H10FNO2S. The lowest BCUT2D eigenvalue weighted by Gasteiger charge is -2.08. The van der Waals surface area contributed by atoms with Crippen molar-refractivity contribution >= 4 is 17.1 Å². The van der Waals surface area contributed by atoms with E-state index in [2.05, 4.69) is 0 Å². The van der Waals surface area contributed by atoms with Gasteiger partial charge in [-0.15, -0.1) is 11.3 Å². The lowest BCUT2D eigenvalue weighted by Crippen LogP contribution is -2.33. The third-order valence-electron chi connectivity index (χ3n) is 1.45. The third-order valence-corrected chi connectivity index (χ3v) is 2.35. The Hall–Kier alpha value is -0.780. The molecule has 1 aromatic heterocycles. The Morgan fingerprint density at radius 1 is 1.85 bits per heavy atom. The first kappa shape index (κ1) is 10.3. The molecule has 0 aromatic carbocycles. The third kappa shape index (κ3) is 2.33. The molecule has 72 valence electrons. The Bertz CT molecular complexity index is 300. The van der Waals surface area contributed by atoms with Crippen LogP contribution in [0.3, 0.4) is 0 Å². The van der Waals surface area contributed by atoms with Crippen molar-refractivity contribution in [3.63, 3.8) is 0 Å². The van der Waals surface area contributed by atoms with Gasteiger partial charge in [-0.25, -0.2) is 4.39 Å². The largest absolute Gasteiger partial charge is 0.356 e. The van der Waals surface area contributed by atoms with Crippen molar-refractivity contribution in [2.24, 2.45) is 5.73 Å². The predicted octanol–water partition coefficient (Wildman–Crippen LogP) is 1.39. The van der Waals surface area contributed by atoms with Gasteiger partial charge in [-0.1, -0.05) is 0 Å². The quantitative estimate of drug-likeness (QED) is 0.594. The van der Waals surface area contributed by atoms with E-state index >= 15 is 0 Å². The lowest BCUT2D eigenvalue weighted by atomic mass is 10.3. The average molecular weight is 203 g/mol. The van der Waals surface area contributed by atoms with Crippen LogP contribution in [0.4, 0.5) is 4.39 Å². The van der Waals surface area contributed by atoms with Gasteiger partial charge in [-0.2, -0.15) is 0 Å². The second-order valence-electron chi connectivity index (χ2n) is 2.34. The fraction of sp³-hybridized carbons (Fsp3) is 0.375. The van der Waals surface area contributed by atoms with Crippen LogP contribution in [0.25, 0.3) is 0 Å². The minimum atomic E-state index is -1.06. The van der Waals surface area contributed by atoms with Gasteiger partial charge in [0.2, 0.25) is 5.78 Å². The maximum Gasteiger partial charge on any atom is 0.219 e. The SMILES string of the molecule is CCOC(N)C(=O)c1sccc1F. The van der Waals surface area contributed by atoms with Gasteiger partial charge in [0.15, 0.2) is 6.23 Å². The number of Topliss-reactive ketones (excluding diaryl/α,β-unsaturated/α-hetero) is 1. The molecule has 0 aliphatic rings. The number of ketones is 1. The van der Waals surface area contributed by atoms with E-state index in [4.69, 9.17) is 10.5 Å². The standard InChI is InChI=1S/C8H10FNO2S/c1-2-12-8(10)6(11)7-5(9)3-4-13-7/h3-4,8H,2,10H2,1H3. The van der Waals surface area contributed by atoms with E-state index in [-0.39, 0.29) is 4.88 Å². The molecule has 0 aliphatic carbocycles. The zero-order valence-electron chi connectivity index (χ0n) is 7.12. The number of rotatable bonds is 4. The Morgan fingerprint density at radius 3 is 3.00 bits per heavy atom. The smallest absolute Gasteiger partial charge is 0.219 e. The molecule has 0 aliphatic heterocycles. The molecule has 1 unspecified atom stereocenters. The second-order valence-corrected chi connectivity index (χ2v) is 3.25. The summed E-state index contributed by atoms with van der Waals surface area (Å²) in [6.45, 7) is 2.05. The molecule has 5 heteroatoms. The van der Waals surface area contributed by atoms with Crippen LogP contribution in [-0.2, 0) is 4.74 Å². The van der Waals surface area contributed by atoms with Crippen molar-refractivity contribution in [1.82, 2.24) is 0 Å². The van der Waals surface area contributed by atoms with Crippen LogP contribution in [0.2, 0.25) is 0 Å². The highest BCUT2D eigenvalue weighted by molar-refractivity contribution is 7.12. The molecule has 1 atom stereocenters. The van der Waals surface area contributed by atoms with Crippen molar-refractivity contribution in [1.29, 1.82) is 0 Å². The number of carbonyl (C=O) groups excluding carboxylic acids is 1. The molecule has 3 nitrogen and oxygen atoms in total. The maximum atomic E-state index is 12.9. The van der Waals surface area contributed by atoms with Gasteiger partial charge in [-0.05, 0) is 18.4 Å². The molecule has 13 heavy (non-hydrogen) atoms. The fourth-order valence-electron chi connectivity index (χ4n) is 0.854. The summed E-state index contributed by atoms with van der Waals surface area (Å²) >= 11 is 1.03. The second kappa shape index (κ2) is 4.45. The first-order valence-corrected chi connectivity index (χ1v) is 4.69. The van der Waals surface area contributed by atoms with Crippen LogP contribution in [0.15, 0.2) is 11.4 Å². The summed E-state index contributed by atoms with van der Waals surface area (Å²) in [6.07, 6.45) is -1.06. The van der Waals surface area contributed by atoms with E-state index in [0.717, 1.165) is 11.3 Å². The van der Waals surface area contributed by atoms with E-state index in [0.29, 0.717) is 6.61 Å². The molecule has 0 saturated heterocycles. The average Bonchev–Trinajstić information content (AvgIpc) is 2.50. The molecule has 0 spiro atoms. The molecule has 0 saturated carbocycles.